The SMILES string of the molecule is O=C(/C=C/c1ccccc1)NCC(=O)OCc1cc(=O)n2ccsc2n1. The molecular weight excluding hydrogens is 354 g/mol. The van der Waals surface area contributed by atoms with Gasteiger partial charge in [-0.05, 0) is 11.6 Å². The van der Waals surface area contributed by atoms with Gasteiger partial charge in [0, 0.05) is 23.7 Å². The highest BCUT2D eigenvalue weighted by atomic mass is 32.1. The number of hydrogen-bond donors (Lipinski definition) is 1. The highest BCUT2D eigenvalue weighted by molar-refractivity contribution is 7.15. The van der Waals surface area contributed by atoms with Crippen LogP contribution in [-0.2, 0) is 20.9 Å². The summed E-state index contributed by atoms with van der Waals surface area (Å²) < 4.78 is 6.45. The molecule has 3 rings (SSSR count). The first-order valence-corrected chi connectivity index (χ1v) is 8.62. The number of hydrogen-bond acceptors (Lipinski definition) is 6. The van der Waals surface area contributed by atoms with E-state index in [-0.39, 0.29) is 18.7 Å². The third-order valence-corrected chi connectivity index (χ3v) is 4.13. The van der Waals surface area contributed by atoms with Crippen LogP contribution in [0.25, 0.3) is 11.0 Å². The van der Waals surface area contributed by atoms with Gasteiger partial charge in [0.15, 0.2) is 4.96 Å². The number of amides is 1. The van der Waals surface area contributed by atoms with Gasteiger partial charge in [0.1, 0.15) is 13.2 Å². The third kappa shape index (κ3) is 4.64. The topological polar surface area (TPSA) is 89.8 Å². The van der Waals surface area contributed by atoms with Gasteiger partial charge < -0.3 is 10.1 Å². The second-order valence-electron chi connectivity index (χ2n) is 5.26. The van der Waals surface area contributed by atoms with E-state index in [9.17, 15) is 14.4 Å². The fraction of sp³-hybridized carbons (Fsp3) is 0.111. The summed E-state index contributed by atoms with van der Waals surface area (Å²) >= 11 is 1.31. The Morgan fingerprint density at radius 3 is 2.88 bits per heavy atom. The molecule has 0 spiro atoms. The second kappa shape index (κ2) is 8.21. The summed E-state index contributed by atoms with van der Waals surface area (Å²) in [4.78, 5) is 40.0. The van der Waals surface area contributed by atoms with E-state index in [0.29, 0.717) is 10.7 Å². The molecule has 0 aliphatic heterocycles. The van der Waals surface area contributed by atoms with Crippen LogP contribution >= 0.6 is 11.3 Å². The normalized spacial score (nSPS) is 10.9. The molecular formula is C18H15N3O4S. The maximum Gasteiger partial charge on any atom is 0.325 e. The quantitative estimate of drug-likeness (QED) is 0.527. The number of nitrogens with one attached hydrogen (secondary N) is 1. The van der Waals surface area contributed by atoms with Gasteiger partial charge in [-0.3, -0.25) is 18.8 Å². The molecule has 0 aliphatic rings. The molecule has 0 aliphatic carbocycles. The Balaban J connectivity index is 1.47. The maximum atomic E-state index is 11.8. The molecule has 1 amide bonds. The highest BCUT2D eigenvalue weighted by Gasteiger charge is 2.08. The van der Waals surface area contributed by atoms with Crippen LogP contribution < -0.4 is 10.9 Å². The molecule has 0 saturated carbocycles. The Morgan fingerprint density at radius 2 is 2.08 bits per heavy atom. The van der Waals surface area contributed by atoms with Crippen molar-refractivity contribution in [1.29, 1.82) is 0 Å². The van der Waals surface area contributed by atoms with Crippen molar-refractivity contribution in [3.05, 3.63) is 75.7 Å². The van der Waals surface area contributed by atoms with Crippen LogP contribution in [0.15, 0.2) is 58.8 Å². The van der Waals surface area contributed by atoms with Crippen molar-refractivity contribution in [2.24, 2.45) is 0 Å². The predicted octanol–water partition coefficient (Wildman–Crippen LogP) is 1.63. The van der Waals surface area contributed by atoms with Crippen molar-refractivity contribution in [3.8, 4) is 0 Å². The predicted molar refractivity (Wildman–Crippen MR) is 97.6 cm³/mol. The third-order valence-electron chi connectivity index (χ3n) is 3.37. The Hall–Kier alpha value is -3.26. The van der Waals surface area contributed by atoms with E-state index in [2.05, 4.69) is 10.3 Å². The molecule has 1 aromatic carbocycles. The molecule has 0 atom stereocenters. The first-order valence-electron chi connectivity index (χ1n) is 7.74. The fourth-order valence-electron chi connectivity index (χ4n) is 2.12. The summed E-state index contributed by atoms with van der Waals surface area (Å²) in [6.07, 6.45) is 4.62. The van der Waals surface area contributed by atoms with Crippen molar-refractivity contribution in [1.82, 2.24) is 14.7 Å². The number of aromatic nitrogens is 2. The first-order chi connectivity index (χ1) is 12.6. The summed E-state index contributed by atoms with van der Waals surface area (Å²) in [5, 5.41) is 4.19. The number of rotatable bonds is 6. The molecule has 0 saturated heterocycles. The lowest BCUT2D eigenvalue weighted by molar-refractivity contribution is -0.144. The van der Waals surface area contributed by atoms with Gasteiger partial charge in [-0.15, -0.1) is 11.3 Å². The summed E-state index contributed by atoms with van der Waals surface area (Å²) in [5.41, 5.74) is 1.01. The van der Waals surface area contributed by atoms with E-state index < -0.39 is 11.9 Å². The van der Waals surface area contributed by atoms with Gasteiger partial charge in [0.25, 0.3) is 5.56 Å². The average Bonchev–Trinajstić information content (AvgIpc) is 3.13. The molecule has 26 heavy (non-hydrogen) atoms. The van der Waals surface area contributed by atoms with Crippen LogP contribution in [0.4, 0.5) is 0 Å². The first kappa shape index (κ1) is 17.6. The molecule has 7 nitrogen and oxygen atoms in total. The Labute approximate surface area is 152 Å². The molecule has 0 radical (unpaired) electrons. The molecule has 0 fully saturated rings. The zero-order valence-electron chi connectivity index (χ0n) is 13.6. The number of thiazole rings is 1. The van der Waals surface area contributed by atoms with Crippen LogP contribution in [0.5, 0.6) is 0 Å². The highest BCUT2D eigenvalue weighted by Crippen LogP contribution is 2.07. The lowest BCUT2D eigenvalue weighted by atomic mass is 10.2. The number of nitrogens with zero attached hydrogens (tertiary/aromatic N) is 2. The second-order valence-corrected chi connectivity index (χ2v) is 6.14. The van der Waals surface area contributed by atoms with Crippen molar-refractivity contribution >= 4 is 34.3 Å². The van der Waals surface area contributed by atoms with Gasteiger partial charge in [0.2, 0.25) is 5.91 Å². The zero-order chi connectivity index (χ0) is 18.4. The van der Waals surface area contributed by atoms with E-state index in [1.165, 1.54) is 27.9 Å². The lowest BCUT2D eigenvalue weighted by Gasteiger charge is -2.05. The van der Waals surface area contributed by atoms with E-state index in [1.54, 1.807) is 17.7 Å². The Kier molecular flexibility index (Phi) is 5.55. The van der Waals surface area contributed by atoms with Crippen LogP contribution in [0.3, 0.4) is 0 Å². The summed E-state index contributed by atoms with van der Waals surface area (Å²) in [5.74, 6) is -1.01. The van der Waals surface area contributed by atoms with Gasteiger partial charge in [-0.25, -0.2) is 4.98 Å². The molecule has 0 unspecified atom stereocenters. The standard InChI is InChI=1S/C18H15N3O4S/c22-15(7-6-13-4-2-1-3-5-13)19-11-17(24)25-12-14-10-16(23)21-8-9-26-18(21)20-14/h1-10H,11-12H2,(H,19,22)/b7-6+. The van der Waals surface area contributed by atoms with Crippen LogP contribution in [0.2, 0.25) is 0 Å². The summed E-state index contributed by atoms with van der Waals surface area (Å²) in [6.45, 7) is -0.392. The van der Waals surface area contributed by atoms with Crippen molar-refractivity contribution < 1.29 is 14.3 Å². The minimum Gasteiger partial charge on any atom is -0.458 e. The molecule has 2 heterocycles. The minimum absolute atomic E-state index is 0.127. The number of carbonyl (C=O) groups excluding carboxylic acids is 2. The van der Waals surface area contributed by atoms with Crippen LogP contribution in [0, 0.1) is 0 Å². The number of ether oxygens (including phenoxy) is 1. The van der Waals surface area contributed by atoms with Gasteiger partial charge in [0.05, 0.1) is 5.69 Å². The average molecular weight is 369 g/mol. The Morgan fingerprint density at radius 1 is 1.27 bits per heavy atom. The summed E-state index contributed by atoms with van der Waals surface area (Å²) in [6, 6.07) is 10.6. The monoisotopic (exact) mass is 369 g/mol. The van der Waals surface area contributed by atoms with Gasteiger partial charge in [-0.1, -0.05) is 30.3 Å². The molecule has 132 valence electrons. The van der Waals surface area contributed by atoms with Gasteiger partial charge in [-0.2, -0.15) is 0 Å². The number of benzene rings is 1. The molecule has 1 N–H and O–H groups in total. The van der Waals surface area contributed by atoms with E-state index in [0.717, 1.165) is 5.56 Å². The molecule has 8 heteroatoms. The van der Waals surface area contributed by atoms with Crippen molar-refractivity contribution in [3.63, 3.8) is 0 Å². The lowest BCUT2D eigenvalue weighted by Crippen LogP contribution is -2.29. The zero-order valence-corrected chi connectivity index (χ0v) is 14.4. The Bertz CT molecular complexity index is 1010. The number of esters is 1. The van der Waals surface area contributed by atoms with Gasteiger partial charge >= 0.3 is 5.97 Å². The minimum atomic E-state index is -0.611. The van der Waals surface area contributed by atoms with E-state index >= 15 is 0 Å². The molecule has 3 aromatic rings. The maximum absolute atomic E-state index is 11.8. The molecule has 0 bridgehead atoms. The summed E-state index contributed by atoms with van der Waals surface area (Å²) in [7, 11) is 0. The number of fused-ring (bicyclic) bond motifs is 1. The molecule has 2 aromatic heterocycles. The largest absolute Gasteiger partial charge is 0.458 e. The van der Waals surface area contributed by atoms with Crippen molar-refractivity contribution in [2.75, 3.05) is 6.54 Å². The van der Waals surface area contributed by atoms with Crippen LogP contribution in [-0.4, -0.2) is 27.8 Å². The van der Waals surface area contributed by atoms with E-state index in [1.807, 2.05) is 30.3 Å². The van der Waals surface area contributed by atoms with E-state index in [4.69, 9.17) is 4.74 Å². The smallest absolute Gasteiger partial charge is 0.325 e. The van der Waals surface area contributed by atoms with Crippen molar-refractivity contribution in [2.45, 2.75) is 6.61 Å². The number of carbonyl (C=O) groups is 2. The fourth-order valence-corrected chi connectivity index (χ4v) is 2.86. The van der Waals surface area contributed by atoms with Crippen LogP contribution in [0.1, 0.15) is 11.3 Å².